The fraction of sp³-hybridized carbons (Fsp3) is 0.227. The summed E-state index contributed by atoms with van der Waals surface area (Å²) in [7, 11) is -0.408. The maximum atomic E-state index is 13.3. The number of terminal acetylenes is 1. The van der Waals surface area contributed by atoms with Gasteiger partial charge in [-0.3, -0.25) is 4.57 Å². The molecule has 0 bridgehead atoms. The van der Waals surface area contributed by atoms with Gasteiger partial charge in [0.25, 0.3) is 0 Å². The minimum Gasteiger partial charge on any atom is -0.461 e. The van der Waals surface area contributed by atoms with Gasteiger partial charge < -0.3 is 4.74 Å². The van der Waals surface area contributed by atoms with E-state index in [0.717, 1.165) is 16.1 Å². The van der Waals surface area contributed by atoms with E-state index in [1.165, 1.54) is 4.57 Å². The van der Waals surface area contributed by atoms with Gasteiger partial charge in [-0.15, -0.1) is 0 Å². The van der Waals surface area contributed by atoms with Gasteiger partial charge in [-0.2, -0.15) is 0 Å². The number of nitrogens with zero attached hydrogens (tertiary/aromatic N) is 1. The molecule has 0 atom stereocenters. The molecule has 7 heteroatoms. The van der Waals surface area contributed by atoms with Gasteiger partial charge in [0.05, 0.1) is 32.2 Å². The Morgan fingerprint density at radius 2 is 1.76 bits per heavy atom. The molecule has 0 saturated carbocycles. The Balaban J connectivity index is 2.38. The van der Waals surface area contributed by atoms with Gasteiger partial charge in [-0.1, -0.05) is 23.7 Å². The Hall–Kier alpha value is -2.82. The monoisotopic (exact) mass is 422 g/mol. The Labute approximate surface area is 174 Å². The van der Waals surface area contributed by atoms with Crippen LogP contribution in [-0.2, 0) is 14.6 Å². The zero-order valence-corrected chi connectivity index (χ0v) is 18.5. The number of fused-ring (bicyclic) bond motifs is 1. The van der Waals surface area contributed by atoms with Gasteiger partial charge in [-0.05, 0) is 62.6 Å². The minimum absolute atomic E-state index is 0.161. The standard InChI is InChI=1S/C22H20NO4SSi/c1-6-23-18-12-19(28(25,26)16-8-10-17(29)11-9-16)13(3)14(4)20(18)15(5)21(23)22(24)27-7-2/h1,8-12H,7H2,2-5H3. The van der Waals surface area contributed by atoms with Crippen molar-refractivity contribution in [2.45, 2.75) is 37.5 Å². The average molecular weight is 423 g/mol. The van der Waals surface area contributed by atoms with E-state index >= 15 is 0 Å². The lowest BCUT2D eigenvalue weighted by atomic mass is 10.0. The number of aryl methyl sites for hydroxylation is 2. The summed E-state index contributed by atoms with van der Waals surface area (Å²) in [4.78, 5) is 12.8. The van der Waals surface area contributed by atoms with Crippen molar-refractivity contribution in [3.8, 4) is 12.5 Å². The maximum absolute atomic E-state index is 13.3. The van der Waals surface area contributed by atoms with Crippen LogP contribution in [-0.4, -0.2) is 35.8 Å². The van der Waals surface area contributed by atoms with Gasteiger partial charge in [-0.25, -0.2) is 13.2 Å². The highest BCUT2D eigenvalue weighted by Gasteiger charge is 2.27. The molecule has 2 aromatic carbocycles. The number of sulfone groups is 1. The number of carbonyl (C=O) groups is 1. The van der Waals surface area contributed by atoms with Crippen molar-refractivity contribution in [3.05, 3.63) is 52.7 Å². The van der Waals surface area contributed by atoms with Crippen molar-refractivity contribution in [1.82, 2.24) is 4.57 Å². The van der Waals surface area contributed by atoms with E-state index < -0.39 is 15.8 Å². The average Bonchev–Trinajstić information content (AvgIpc) is 2.96. The summed E-state index contributed by atoms with van der Waals surface area (Å²) in [5.41, 5.74) is 2.78. The van der Waals surface area contributed by atoms with Crippen LogP contribution in [0.3, 0.4) is 0 Å². The zero-order valence-electron chi connectivity index (χ0n) is 16.7. The molecule has 0 aliphatic heterocycles. The van der Waals surface area contributed by atoms with Crippen LogP contribution in [0.25, 0.3) is 10.9 Å². The second kappa shape index (κ2) is 7.54. The number of hydrogen-bond acceptors (Lipinski definition) is 4. The van der Waals surface area contributed by atoms with Gasteiger partial charge in [0.2, 0.25) is 9.84 Å². The van der Waals surface area contributed by atoms with Gasteiger partial charge >= 0.3 is 5.97 Å². The highest BCUT2D eigenvalue weighted by molar-refractivity contribution is 7.91. The third-order valence-electron chi connectivity index (χ3n) is 5.08. The predicted octanol–water partition coefficient (Wildman–Crippen LogP) is 2.81. The normalized spacial score (nSPS) is 11.4. The highest BCUT2D eigenvalue weighted by atomic mass is 32.2. The van der Waals surface area contributed by atoms with Crippen LogP contribution in [0.15, 0.2) is 40.1 Å². The molecular weight excluding hydrogens is 402 g/mol. The Bertz CT molecular complexity index is 1280. The quantitative estimate of drug-likeness (QED) is 0.368. The maximum Gasteiger partial charge on any atom is 0.356 e. The molecule has 147 valence electrons. The molecule has 0 amide bonds. The lowest BCUT2D eigenvalue weighted by Gasteiger charge is -2.13. The topological polar surface area (TPSA) is 65.4 Å². The third-order valence-corrected chi connectivity index (χ3v) is 7.31. The molecule has 0 unspecified atom stereocenters. The molecule has 0 saturated heterocycles. The number of ether oxygens (including phenoxy) is 1. The van der Waals surface area contributed by atoms with Crippen LogP contribution < -0.4 is 5.19 Å². The molecule has 0 N–H and O–H groups in total. The molecule has 3 rings (SSSR count). The van der Waals surface area contributed by atoms with E-state index in [4.69, 9.17) is 11.2 Å². The van der Waals surface area contributed by atoms with Crippen molar-refractivity contribution in [1.29, 1.82) is 0 Å². The lowest BCUT2D eigenvalue weighted by molar-refractivity contribution is 0.0517. The summed E-state index contributed by atoms with van der Waals surface area (Å²) >= 11 is 0. The van der Waals surface area contributed by atoms with E-state index in [1.807, 2.05) is 6.92 Å². The molecule has 0 fully saturated rings. The summed E-state index contributed by atoms with van der Waals surface area (Å²) in [5, 5.41) is 1.54. The summed E-state index contributed by atoms with van der Waals surface area (Å²) < 4.78 is 33.2. The fourth-order valence-electron chi connectivity index (χ4n) is 3.54. The lowest BCUT2D eigenvalue weighted by Crippen LogP contribution is -2.11. The van der Waals surface area contributed by atoms with Crippen LogP contribution in [0.2, 0.25) is 0 Å². The van der Waals surface area contributed by atoms with Crippen molar-refractivity contribution >= 4 is 42.1 Å². The predicted molar refractivity (Wildman–Crippen MR) is 114 cm³/mol. The van der Waals surface area contributed by atoms with Gasteiger partial charge in [0.1, 0.15) is 5.69 Å². The van der Waals surface area contributed by atoms with Crippen LogP contribution >= 0.6 is 0 Å². The molecular formula is C22H20NO4SSi. The first-order valence-corrected chi connectivity index (χ1v) is 11.0. The Morgan fingerprint density at radius 1 is 1.14 bits per heavy atom. The van der Waals surface area contributed by atoms with Crippen LogP contribution in [0, 0.1) is 33.2 Å². The van der Waals surface area contributed by atoms with Crippen LogP contribution in [0.1, 0.15) is 34.1 Å². The first-order valence-electron chi connectivity index (χ1n) is 9.00. The number of benzene rings is 2. The van der Waals surface area contributed by atoms with Crippen molar-refractivity contribution < 1.29 is 17.9 Å². The van der Waals surface area contributed by atoms with E-state index in [2.05, 4.69) is 16.3 Å². The smallest absolute Gasteiger partial charge is 0.356 e. The SMILES string of the molecule is C#Cn1c(C(=O)OCC)c(C)c2c(C)c(C)c(S(=O)(=O)c3ccc([Si])cc3)cc21. The molecule has 29 heavy (non-hydrogen) atoms. The van der Waals surface area contributed by atoms with E-state index in [0.29, 0.717) is 16.6 Å². The van der Waals surface area contributed by atoms with Crippen LogP contribution in [0.4, 0.5) is 0 Å². The second-order valence-corrected chi connectivity index (χ2v) is 9.20. The Morgan fingerprint density at radius 3 is 2.31 bits per heavy atom. The molecule has 0 aliphatic carbocycles. The Kier molecular flexibility index (Phi) is 5.43. The summed E-state index contributed by atoms with van der Waals surface area (Å²) in [6, 6.07) is 10.5. The molecule has 1 aromatic heterocycles. The number of aromatic nitrogens is 1. The van der Waals surface area contributed by atoms with E-state index in [-0.39, 0.29) is 22.1 Å². The largest absolute Gasteiger partial charge is 0.461 e. The third kappa shape index (κ3) is 3.28. The molecule has 0 spiro atoms. The van der Waals surface area contributed by atoms with Gasteiger partial charge in [0, 0.05) is 11.4 Å². The summed E-state index contributed by atoms with van der Waals surface area (Å²) in [6.07, 6.45) is 5.69. The first-order chi connectivity index (χ1) is 13.6. The molecule has 3 aromatic rings. The van der Waals surface area contributed by atoms with Crippen molar-refractivity contribution in [2.24, 2.45) is 0 Å². The number of rotatable bonds is 4. The number of esters is 1. The summed E-state index contributed by atoms with van der Waals surface area (Å²) in [6.45, 7) is 7.31. The highest BCUT2D eigenvalue weighted by Crippen LogP contribution is 2.35. The first kappa shape index (κ1) is 20.9. The van der Waals surface area contributed by atoms with E-state index in [9.17, 15) is 13.2 Å². The second-order valence-electron chi connectivity index (χ2n) is 6.71. The summed E-state index contributed by atoms with van der Waals surface area (Å²) in [5.74, 6) is -0.534. The molecule has 5 nitrogen and oxygen atoms in total. The van der Waals surface area contributed by atoms with E-state index in [1.54, 1.807) is 51.1 Å². The van der Waals surface area contributed by atoms with Crippen LogP contribution in [0.5, 0.6) is 0 Å². The zero-order chi connectivity index (χ0) is 21.5. The van der Waals surface area contributed by atoms with Gasteiger partial charge in [0.15, 0.2) is 0 Å². The fourth-order valence-corrected chi connectivity index (χ4v) is 5.28. The molecule has 1 heterocycles. The number of hydrogen-bond donors (Lipinski definition) is 0. The molecule has 0 aliphatic rings. The van der Waals surface area contributed by atoms with Crippen molar-refractivity contribution in [2.75, 3.05) is 6.61 Å². The van der Waals surface area contributed by atoms with Crippen molar-refractivity contribution in [3.63, 3.8) is 0 Å². The molecule has 3 radical (unpaired) electrons. The minimum atomic E-state index is -3.78. The number of carbonyl (C=O) groups excluding carboxylic acids is 1.